The Morgan fingerprint density at radius 1 is 1.41 bits per heavy atom. The van der Waals surface area contributed by atoms with Crippen LogP contribution in [0.1, 0.15) is 51.7 Å². The van der Waals surface area contributed by atoms with Crippen molar-refractivity contribution in [3.63, 3.8) is 0 Å². The predicted molar refractivity (Wildman–Crippen MR) is 113 cm³/mol. The van der Waals surface area contributed by atoms with E-state index in [0.717, 1.165) is 28.7 Å². The number of aryl methyl sites for hydroxylation is 1. The number of hydrogen-bond acceptors (Lipinski definition) is 3. The molecule has 0 aromatic heterocycles. The second-order valence-corrected chi connectivity index (χ2v) is 7.20. The van der Waals surface area contributed by atoms with Crippen LogP contribution in [0.3, 0.4) is 0 Å². The molecule has 4 heteroatoms. The van der Waals surface area contributed by atoms with E-state index in [1.54, 1.807) is 0 Å². The van der Waals surface area contributed by atoms with Crippen molar-refractivity contribution < 1.29 is 9.50 Å². The number of benzene rings is 1. The summed E-state index contributed by atoms with van der Waals surface area (Å²) in [5, 5.41) is 18.3. The second kappa shape index (κ2) is 10.8. The van der Waals surface area contributed by atoms with Gasteiger partial charge >= 0.3 is 0 Å². The molecule has 1 aromatic carbocycles. The highest BCUT2D eigenvalue weighted by molar-refractivity contribution is 5.99. The Labute approximate surface area is 162 Å². The molecule has 0 spiro atoms. The Balaban J connectivity index is 2.80. The van der Waals surface area contributed by atoms with E-state index >= 15 is 0 Å². The van der Waals surface area contributed by atoms with Gasteiger partial charge in [0.1, 0.15) is 5.67 Å². The van der Waals surface area contributed by atoms with Gasteiger partial charge in [-0.2, -0.15) is 0 Å². The maximum absolute atomic E-state index is 13.9. The largest absolute Gasteiger partial charge is 0.389 e. The summed E-state index contributed by atoms with van der Waals surface area (Å²) in [5.74, 6) is 0. The minimum absolute atomic E-state index is 0.0163. The van der Waals surface area contributed by atoms with Gasteiger partial charge in [0.2, 0.25) is 0 Å². The number of nitrogens with one attached hydrogen (secondary N) is 1. The third kappa shape index (κ3) is 7.86. The summed E-state index contributed by atoms with van der Waals surface area (Å²) in [5.41, 5.74) is 5.31. The van der Waals surface area contributed by atoms with Crippen molar-refractivity contribution in [3.05, 3.63) is 64.9 Å². The fourth-order valence-electron chi connectivity index (χ4n) is 2.46. The molecule has 0 aliphatic heterocycles. The average Bonchev–Trinajstić information content (AvgIpc) is 2.63. The molecule has 0 fully saturated rings. The van der Waals surface area contributed by atoms with Crippen molar-refractivity contribution in [1.82, 2.24) is 0 Å². The quantitative estimate of drug-likeness (QED) is 0.430. The first-order valence-electron chi connectivity index (χ1n) is 9.22. The van der Waals surface area contributed by atoms with Crippen molar-refractivity contribution >= 4 is 11.9 Å². The number of aliphatic hydroxyl groups excluding tert-OH is 1. The van der Waals surface area contributed by atoms with Crippen LogP contribution in [0.4, 0.5) is 4.39 Å². The van der Waals surface area contributed by atoms with Gasteiger partial charge in [0, 0.05) is 18.3 Å². The highest BCUT2D eigenvalue weighted by atomic mass is 19.1. The third-order valence-electron chi connectivity index (χ3n) is 4.51. The molecule has 0 aliphatic rings. The molecule has 0 saturated heterocycles. The summed E-state index contributed by atoms with van der Waals surface area (Å²) in [6.45, 7) is 10.9. The van der Waals surface area contributed by atoms with Gasteiger partial charge in [-0.1, -0.05) is 36.9 Å². The van der Waals surface area contributed by atoms with Crippen molar-refractivity contribution in [2.45, 2.75) is 58.7 Å². The molecule has 1 atom stereocenters. The van der Waals surface area contributed by atoms with Gasteiger partial charge in [-0.25, -0.2) is 4.39 Å². The molecule has 146 valence electrons. The number of allylic oxidation sites excluding steroid dienone is 2. The average molecular weight is 371 g/mol. The van der Waals surface area contributed by atoms with Crippen molar-refractivity contribution in [2.24, 2.45) is 4.99 Å². The van der Waals surface area contributed by atoms with E-state index in [1.807, 2.05) is 50.4 Å². The Morgan fingerprint density at radius 3 is 2.67 bits per heavy atom. The lowest BCUT2D eigenvalue weighted by Gasteiger charge is -2.22. The predicted octanol–water partition coefficient (Wildman–Crippen LogP) is 5.23. The Morgan fingerprint density at radius 2 is 2.07 bits per heavy atom. The van der Waals surface area contributed by atoms with E-state index in [-0.39, 0.29) is 12.1 Å². The SMILES string of the molecule is C=C=C(CCc1ccccc1C(=N)CC(O)C(C)(C)F)CN=C/C(C)=C\C. The number of halogens is 1. The number of rotatable bonds is 10. The lowest BCUT2D eigenvalue weighted by atomic mass is 9.91. The first-order chi connectivity index (χ1) is 12.7. The van der Waals surface area contributed by atoms with Gasteiger partial charge in [-0.3, -0.25) is 4.99 Å². The first-order valence-corrected chi connectivity index (χ1v) is 9.22. The fraction of sp³-hybridized carbons (Fsp3) is 0.435. The van der Waals surface area contributed by atoms with Gasteiger partial charge < -0.3 is 10.5 Å². The Kier molecular flexibility index (Phi) is 9.07. The van der Waals surface area contributed by atoms with Crippen LogP contribution in [0.2, 0.25) is 0 Å². The summed E-state index contributed by atoms with van der Waals surface area (Å²) >= 11 is 0. The van der Waals surface area contributed by atoms with Crippen LogP contribution in [0.15, 0.2) is 58.8 Å². The monoisotopic (exact) mass is 370 g/mol. The molecule has 0 heterocycles. The third-order valence-corrected chi connectivity index (χ3v) is 4.51. The summed E-state index contributed by atoms with van der Waals surface area (Å²) in [7, 11) is 0. The zero-order valence-corrected chi connectivity index (χ0v) is 16.8. The molecule has 0 radical (unpaired) electrons. The zero-order valence-electron chi connectivity index (χ0n) is 16.8. The Bertz CT molecular complexity index is 750. The topological polar surface area (TPSA) is 56.4 Å². The molecule has 0 bridgehead atoms. The van der Waals surface area contributed by atoms with E-state index in [1.165, 1.54) is 13.8 Å². The Hall–Kier alpha value is -2.29. The van der Waals surface area contributed by atoms with Crippen LogP contribution >= 0.6 is 0 Å². The van der Waals surface area contributed by atoms with Gasteiger partial charge in [-0.05, 0) is 62.8 Å². The normalized spacial score (nSPS) is 13.5. The molecule has 0 amide bonds. The van der Waals surface area contributed by atoms with Gasteiger partial charge in [-0.15, -0.1) is 5.73 Å². The van der Waals surface area contributed by atoms with Crippen LogP contribution in [-0.4, -0.2) is 35.4 Å². The first kappa shape index (κ1) is 22.8. The summed E-state index contributed by atoms with van der Waals surface area (Å²) in [4.78, 5) is 4.40. The summed E-state index contributed by atoms with van der Waals surface area (Å²) in [6.07, 6.45) is 4.06. The number of aliphatic hydroxyl groups is 1. The molecule has 0 saturated carbocycles. The maximum Gasteiger partial charge on any atom is 0.131 e. The highest BCUT2D eigenvalue weighted by Crippen LogP contribution is 2.21. The summed E-state index contributed by atoms with van der Waals surface area (Å²) in [6, 6.07) is 7.59. The van der Waals surface area contributed by atoms with Crippen molar-refractivity contribution in [1.29, 1.82) is 5.41 Å². The molecule has 0 aliphatic carbocycles. The van der Waals surface area contributed by atoms with Crippen molar-refractivity contribution in [3.8, 4) is 0 Å². The van der Waals surface area contributed by atoms with Crippen molar-refractivity contribution in [2.75, 3.05) is 6.54 Å². The molecule has 27 heavy (non-hydrogen) atoms. The van der Waals surface area contributed by atoms with E-state index in [9.17, 15) is 9.50 Å². The van der Waals surface area contributed by atoms with E-state index in [0.29, 0.717) is 13.0 Å². The van der Waals surface area contributed by atoms with E-state index in [4.69, 9.17) is 5.41 Å². The number of hydrogen-bond donors (Lipinski definition) is 2. The van der Waals surface area contributed by atoms with E-state index in [2.05, 4.69) is 17.3 Å². The minimum atomic E-state index is -1.73. The lowest BCUT2D eigenvalue weighted by Crippen LogP contribution is -2.33. The van der Waals surface area contributed by atoms with E-state index < -0.39 is 11.8 Å². The molecule has 3 nitrogen and oxygen atoms in total. The van der Waals surface area contributed by atoms with Gasteiger partial charge in [0.25, 0.3) is 0 Å². The van der Waals surface area contributed by atoms with Crippen LogP contribution in [-0.2, 0) is 6.42 Å². The molecular formula is C23H31FN2O. The standard InChI is InChI=1S/C23H31FN2O/c1-6-17(3)15-26-16-18(7-2)12-13-19-10-8-9-11-20(19)21(25)14-22(27)23(4,5)24/h6,8-11,15,22,25,27H,2,12-14,16H2,1,3-5H3/b17-6-,25-21?,26-15?. The molecule has 1 unspecified atom stereocenters. The van der Waals surface area contributed by atoms with Crippen LogP contribution < -0.4 is 0 Å². The molecule has 2 N–H and O–H groups in total. The number of alkyl halides is 1. The van der Waals surface area contributed by atoms with Crippen LogP contribution in [0.25, 0.3) is 0 Å². The smallest absolute Gasteiger partial charge is 0.131 e. The fourth-order valence-corrected chi connectivity index (χ4v) is 2.46. The van der Waals surface area contributed by atoms with Crippen LogP contribution in [0.5, 0.6) is 0 Å². The molecule has 1 aromatic rings. The van der Waals surface area contributed by atoms with Gasteiger partial charge in [0.15, 0.2) is 0 Å². The number of nitrogens with zero attached hydrogens (tertiary/aromatic N) is 1. The lowest BCUT2D eigenvalue weighted by molar-refractivity contribution is 0.0227. The molecular weight excluding hydrogens is 339 g/mol. The van der Waals surface area contributed by atoms with Gasteiger partial charge in [0.05, 0.1) is 12.6 Å². The van der Waals surface area contributed by atoms with Crippen LogP contribution in [0, 0.1) is 5.41 Å². The number of aliphatic imine (C=N–C) groups is 1. The zero-order chi connectivity index (χ0) is 20.4. The maximum atomic E-state index is 13.9. The summed E-state index contributed by atoms with van der Waals surface area (Å²) < 4.78 is 13.9. The second-order valence-electron chi connectivity index (χ2n) is 7.20. The minimum Gasteiger partial charge on any atom is -0.389 e. The molecule has 1 rings (SSSR count). The highest BCUT2D eigenvalue weighted by Gasteiger charge is 2.28.